The van der Waals surface area contributed by atoms with E-state index in [-0.39, 0.29) is 28.7 Å². The van der Waals surface area contributed by atoms with E-state index in [0.717, 1.165) is 5.56 Å². The number of allylic oxidation sites excluding steroid dienone is 1. The molecule has 30 heavy (non-hydrogen) atoms. The van der Waals surface area contributed by atoms with Gasteiger partial charge in [0.25, 0.3) is 5.69 Å². The van der Waals surface area contributed by atoms with Gasteiger partial charge in [-0.3, -0.25) is 14.9 Å². The van der Waals surface area contributed by atoms with Gasteiger partial charge in [0.05, 0.1) is 16.1 Å². The smallest absolute Gasteiger partial charge is 0.343 e. The summed E-state index contributed by atoms with van der Waals surface area (Å²) in [5.74, 6) is -0.330. The highest BCUT2D eigenvalue weighted by Gasteiger charge is 2.28. The van der Waals surface area contributed by atoms with Crippen molar-refractivity contribution in [1.82, 2.24) is 0 Å². The van der Waals surface area contributed by atoms with Crippen LogP contribution in [0.2, 0.25) is 0 Å². The van der Waals surface area contributed by atoms with Gasteiger partial charge in [0, 0.05) is 18.2 Å². The predicted octanol–water partition coefficient (Wildman–Crippen LogP) is 4.74. The van der Waals surface area contributed by atoms with Crippen molar-refractivity contribution < 1.29 is 24.0 Å². The van der Waals surface area contributed by atoms with Crippen molar-refractivity contribution in [3.63, 3.8) is 0 Å². The number of ketones is 1. The summed E-state index contributed by atoms with van der Waals surface area (Å²) >= 11 is 0. The number of fused-ring (bicyclic) bond motifs is 1. The second kappa shape index (κ2) is 7.63. The van der Waals surface area contributed by atoms with Crippen molar-refractivity contribution in [2.24, 2.45) is 0 Å². The number of nitrogens with zero attached hydrogens (tertiary/aromatic N) is 1. The molecule has 1 aliphatic rings. The Labute approximate surface area is 171 Å². The molecule has 0 aliphatic carbocycles. The van der Waals surface area contributed by atoms with Crippen LogP contribution < -0.4 is 9.47 Å². The van der Waals surface area contributed by atoms with E-state index in [2.05, 4.69) is 0 Å². The first-order chi connectivity index (χ1) is 14.4. The number of ether oxygens (including phenoxy) is 2. The summed E-state index contributed by atoms with van der Waals surface area (Å²) in [7, 11) is 0. The molecule has 0 amide bonds. The first kappa shape index (κ1) is 19.1. The van der Waals surface area contributed by atoms with Crippen molar-refractivity contribution in [2.45, 2.75) is 6.92 Å². The number of nitro benzene ring substituents is 1. The van der Waals surface area contributed by atoms with Gasteiger partial charge in [-0.05, 0) is 42.3 Å². The van der Waals surface area contributed by atoms with Gasteiger partial charge in [-0.25, -0.2) is 4.79 Å². The first-order valence-corrected chi connectivity index (χ1v) is 9.03. The normalized spacial score (nSPS) is 13.6. The molecule has 0 radical (unpaired) electrons. The number of aryl methyl sites for hydroxylation is 1. The number of rotatable bonds is 4. The van der Waals surface area contributed by atoms with Crippen LogP contribution in [-0.4, -0.2) is 16.7 Å². The standard InChI is InChI=1S/C23H15NO6/c1-14-5-2-3-8-18(14)23(26)29-17-9-10-19-20(13-17)30-21(22(19)25)12-15-6-4-7-16(11-15)24(27)28/h2-13H,1H3. The Morgan fingerprint density at radius 3 is 2.63 bits per heavy atom. The van der Waals surface area contributed by atoms with Gasteiger partial charge in [0.15, 0.2) is 5.76 Å². The molecule has 0 fully saturated rings. The predicted molar refractivity (Wildman–Crippen MR) is 109 cm³/mol. The molecule has 3 aromatic rings. The van der Waals surface area contributed by atoms with Crippen molar-refractivity contribution in [1.29, 1.82) is 0 Å². The number of hydrogen-bond donors (Lipinski definition) is 0. The lowest BCUT2D eigenvalue weighted by atomic mass is 10.1. The Balaban J connectivity index is 1.57. The molecular formula is C23H15NO6. The maximum atomic E-state index is 12.6. The summed E-state index contributed by atoms with van der Waals surface area (Å²) in [4.78, 5) is 35.4. The Morgan fingerprint density at radius 2 is 1.87 bits per heavy atom. The van der Waals surface area contributed by atoms with Gasteiger partial charge >= 0.3 is 5.97 Å². The largest absolute Gasteiger partial charge is 0.452 e. The lowest BCUT2D eigenvalue weighted by molar-refractivity contribution is -0.384. The van der Waals surface area contributed by atoms with Gasteiger partial charge < -0.3 is 9.47 Å². The summed E-state index contributed by atoms with van der Waals surface area (Å²) in [5, 5.41) is 10.9. The lowest BCUT2D eigenvalue weighted by Crippen LogP contribution is -2.10. The van der Waals surface area contributed by atoms with Gasteiger partial charge in [0.1, 0.15) is 11.5 Å². The molecule has 7 nitrogen and oxygen atoms in total. The van der Waals surface area contributed by atoms with Gasteiger partial charge in [-0.15, -0.1) is 0 Å². The summed E-state index contributed by atoms with van der Waals surface area (Å²) in [6.07, 6.45) is 1.44. The number of hydrogen-bond acceptors (Lipinski definition) is 6. The molecule has 0 unspecified atom stereocenters. The summed E-state index contributed by atoms with van der Waals surface area (Å²) in [6, 6.07) is 17.4. The number of carbonyl (C=O) groups excluding carboxylic acids is 2. The molecular weight excluding hydrogens is 386 g/mol. The second-order valence-corrected chi connectivity index (χ2v) is 6.65. The fraction of sp³-hybridized carbons (Fsp3) is 0.0435. The molecule has 4 rings (SSSR count). The molecule has 0 saturated heterocycles. The zero-order chi connectivity index (χ0) is 21.3. The fourth-order valence-electron chi connectivity index (χ4n) is 3.07. The zero-order valence-corrected chi connectivity index (χ0v) is 15.8. The Bertz CT molecular complexity index is 1230. The summed E-state index contributed by atoms with van der Waals surface area (Å²) in [5.41, 5.74) is 1.94. The van der Waals surface area contributed by atoms with Crippen molar-refractivity contribution in [3.05, 3.63) is 105 Å². The lowest BCUT2D eigenvalue weighted by Gasteiger charge is -2.07. The minimum atomic E-state index is -0.511. The summed E-state index contributed by atoms with van der Waals surface area (Å²) in [6.45, 7) is 1.81. The van der Waals surface area contributed by atoms with E-state index >= 15 is 0 Å². The molecule has 0 bridgehead atoms. The quantitative estimate of drug-likeness (QED) is 0.206. The fourth-order valence-corrected chi connectivity index (χ4v) is 3.07. The third-order valence-electron chi connectivity index (χ3n) is 4.60. The van der Waals surface area contributed by atoms with E-state index in [1.807, 2.05) is 19.1 Å². The maximum absolute atomic E-state index is 12.6. The maximum Gasteiger partial charge on any atom is 0.343 e. The molecule has 3 aromatic carbocycles. The molecule has 0 spiro atoms. The van der Waals surface area contributed by atoms with Crippen LogP contribution in [0.15, 0.2) is 72.5 Å². The van der Waals surface area contributed by atoms with Crippen LogP contribution >= 0.6 is 0 Å². The van der Waals surface area contributed by atoms with E-state index < -0.39 is 10.9 Å². The van der Waals surface area contributed by atoms with Crippen LogP contribution in [0.5, 0.6) is 11.5 Å². The average Bonchev–Trinajstić information content (AvgIpc) is 3.03. The minimum Gasteiger partial charge on any atom is -0.452 e. The minimum absolute atomic E-state index is 0.0351. The Morgan fingerprint density at radius 1 is 1.07 bits per heavy atom. The number of non-ortho nitro benzene ring substituents is 1. The molecule has 1 aliphatic heterocycles. The molecule has 0 N–H and O–H groups in total. The number of carbonyl (C=O) groups is 2. The van der Waals surface area contributed by atoms with E-state index in [1.54, 1.807) is 18.2 Å². The molecule has 7 heteroatoms. The third-order valence-corrected chi connectivity index (χ3v) is 4.60. The number of Topliss-reactive ketones (excluding diaryl/α,β-unsaturated/α-hetero) is 1. The van der Waals surface area contributed by atoms with Gasteiger partial charge in [-0.1, -0.05) is 30.3 Å². The number of benzene rings is 3. The van der Waals surface area contributed by atoms with Crippen LogP contribution in [0.25, 0.3) is 6.08 Å². The van der Waals surface area contributed by atoms with E-state index in [0.29, 0.717) is 16.7 Å². The van der Waals surface area contributed by atoms with Crippen LogP contribution in [0, 0.1) is 17.0 Å². The van der Waals surface area contributed by atoms with Crippen LogP contribution in [-0.2, 0) is 0 Å². The van der Waals surface area contributed by atoms with Gasteiger partial charge in [-0.2, -0.15) is 0 Å². The summed E-state index contributed by atoms with van der Waals surface area (Å²) < 4.78 is 11.0. The van der Waals surface area contributed by atoms with E-state index in [4.69, 9.17) is 9.47 Å². The Hall–Kier alpha value is -4.26. The SMILES string of the molecule is Cc1ccccc1C(=O)Oc1ccc2c(c1)OC(=Cc1cccc([N+](=O)[O-])c1)C2=O. The second-order valence-electron chi connectivity index (χ2n) is 6.65. The molecule has 0 aromatic heterocycles. The van der Waals surface area contributed by atoms with Crippen molar-refractivity contribution in [3.8, 4) is 11.5 Å². The number of nitro groups is 1. The van der Waals surface area contributed by atoms with Crippen molar-refractivity contribution in [2.75, 3.05) is 0 Å². The topological polar surface area (TPSA) is 95.7 Å². The van der Waals surface area contributed by atoms with Crippen LogP contribution in [0.1, 0.15) is 31.8 Å². The average molecular weight is 401 g/mol. The van der Waals surface area contributed by atoms with E-state index in [1.165, 1.54) is 42.5 Å². The van der Waals surface area contributed by atoms with Crippen LogP contribution in [0.4, 0.5) is 5.69 Å². The monoisotopic (exact) mass is 401 g/mol. The van der Waals surface area contributed by atoms with Crippen LogP contribution in [0.3, 0.4) is 0 Å². The molecule has 0 atom stereocenters. The highest BCUT2D eigenvalue weighted by Crippen LogP contribution is 2.35. The van der Waals surface area contributed by atoms with Crippen molar-refractivity contribution >= 4 is 23.5 Å². The Kier molecular flexibility index (Phi) is 4.85. The molecule has 1 heterocycles. The molecule has 0 saturated carbocycles. The number of esters is 1. The van der Waals surface area contributed by atoms with E-state index in [9.17, 15) is 19.7 Å². The van der Waals surface area contributed by atoms with Gasteiger partial charge in [0.2, 0.25) is 5.78 Å². The highest BCUT2D eigenvalue weighted by molar-refractivity contribution is 6.14. The highest BCUT2D eigenvalue weighted by atomic mass is 16.6. The third kappa shape index (κ3) is 3.68. The molecule has 148 valence electrons. The first-order valence-electron chi connectivity index (χ1n) is 9.03. The zero-order valence-electron chi connectivity index (χ0n) is 15.8.